The molecule has 4 aliphatic rings. The average molecular weight is 443 g/mol. The number of nitrogens with one attached hydrogen (secondary N) is 2. The fraction of sp³-hybridized carbons (Fsp3) is 0.741. The maximum absolute atomic E-state index is 13.4. The normalized spacial score (nSPS) is 41.7. The zero-order valence-electron chi connectivity index (χ0n) is 20.0. The van der Waals surface area contributed by atoms with Gasteiger partial charge in [0.15, 0.2) is 0 Å². The molecule has 0 spiro atoms. The fourth-order valence-electron chi connectivity index (χ4n) is 6.84. The molecule has 2 saturated carbocycles. The molecule has 3 aliphatic carbocycles. The Kier molecular flexibility index (Phi) is 7.40. The van der Waals surface area contributed by atoms with E-state index in [0.717, 1.165) is 32.1 Å². The first-order valence-corrected chi connectivity index (χ1v) is 12.8. The molecule has 7 unspecified atom stereocenters. The van der Waals surface area contributed by atoms with Crippen LogP contribution in [0.25, 0.3) is 0 Å². The Labute approximate surface area is 193 Å². The highest BCUT2D eigenvalue weighted by atomic mass is 16.3. The van der Waals surface area contributed by atoms with Crippen molar-refractivity contribution in [2.75, 3.05) is 6.54 Å². The molecule has 0 aromatic rings. The number of carbonyl (C=O) groups is 1. The summed E-state index contributed by atoms with van der Waals surface area (Å²) in [7, 11) is 0. The predicted octanol–water partition coefficient (Wildman–Crippen LogP) is 3.63. The van der Waals surface area contributed by atoms with Crippen LogP contribution in [0.4, 0.5) is 0 Å². The van der Waals surface area contributed by atoms with E-state index in [1.54, 1.807) is 0 Å². The quantitative estimate of drug-likeness (QED) is 0.472. The molecule has 7 atom stereocenters. The van der Waals surface area contributed by atoms with Crippen molar-refractivity contribution in [3.8, 4) is 0 Å². The first-order chi connectivity index (χ1) is 15.4. The summed E-state index contributed by atoms with van der Waals surface area (Å²) in [6, 6.07) is 0.383. The predicted molar refractivity (Wildman–Crippen MR) is 128 cm³/mol. The molecule has 0 radical (unpaired) electrons. The lowest BCUT2D eigenvalue weighted by Gasteiger charge is -2.50. The first-order valence-electron chi connectivity index (χ1n) is 12.8. The van der Waals surface area contributed by atoms with Crippen LogP contribution in [0.15, 0.2) is 35.5 Å². The van der Waals surface area contributed by atoms with E-state index in [-0.39, 0.29) is 17.6 Å². The summed E-state index contributed by atoms with van der Waals surface area (Å²) in [6.07, 6.45) is 14.8. The minimum atomic E-state index is -0.690. The van der Waals surface area contributed by atoms with Crippen molar-refractivity contribution in [3.05, 3.63) is 35.5 Å². The Morgan fingerprint density at radius 3 is 2.31 bits per heavy atom. The van der Waals surface area contributed by atoms with Crippen molar-refractivity contribution >= 4 is 5.78 Å². The summed E-state index contributed by atoms with van der Waals surface area (Å²) in [5, 5.41) is 27.9. The standard InChI is InChI=1S/C27H42N2O3/c1-4-17-12-19-14-21(15-20(19)13-18(17)5-2)28-16-24(30)22-10-11-25(31)27(3)23(22)8-6-7-9-26(32)29-27/h6-7,12-13,19-23,25-26,28-29,31-32H,4-5,8-11,14-16H2,1-3H3. The third-order valence-corrected chi connectivity index (χ3v) is 8.74. The Hall–Kier alpha value is -1.27. The van der Waals surface area contributed by atoms with Gasteiger partial charge in [-0.05, 0) is 80.8 Å². The van der Waals surface area contributed by atoms with E-state index in [1.807, 2.05) is 13.0 Å². The highest BCUT2D eigenvalue weighted by molar-refractivity contribution is 5.83. The van der Waals surface area contributed by atoms with Crippen molar-refractivity contribution in [2.45, 2.75) is 96.1 Å². The topological polar surface area (TPSA) is 81.6 Å². The Balaban J connectivity index is 1.39. The molecule has 178 valence electrons. The molecule has 2 fully saturated rings. The van der Waals surface area contributed by atoms with Gasteiger partial charge in [-0.15, -0.1) is 0 Å². The van der Waals surface area contributed by atoms with E-state index < -0.39 is 17.9 Å². The van der Waals surface area contributed by atoms with Crippen molar-refractivity contribution in [2.24, 2.45) is 23.7 Å². The molecule has 0 amide bonds. The molecule has 1 aliphatic heterocycles. The van der Waals surface area contributed by atoms with Crippen LogP contribution in [0.5, 0.6) is 0 Å². The number of hydrogen-bond acceptors (Lipinski definition) is 5. The molecule has 0 saturated heterocycles. The molecule has 0 bridgehead atoms. The number of hydrogen-bond donors (Lipinski definition) is 4. The van der Waals surface area contributed by atoms with Crippen LogP contribution in [-0.2, 0) is 4.79 Å². The van der Waals surface area contributed by atoms with Crippen LogP contribution in [0, 0.1) is 23.7 Å². The van der Waals surface area contributed by atoms with E-state index in [1.165, 1.54) is 11.1 Å². The van der Waals surface area contributed by atoms with Crippen molar-refractivity contribution < 1.29 is 15.0 Å². The molecule has 1 heterocycles. The molecular weight excluding hydrogens is 400 g/mol. The number of carbonyl (C=O) groups excluding carboxylic acids is 1. The zero-order chi connectivity index (χ0) is 22.9. The Bertz CT molecular complexity index is 760. The lowest BCUT2D eigenvalue weighted by Crippen LogP contribution is -2.65. The molecule has 0 aromatic carbocycles. The number of allylic oxidation sites excluding steroid dienone is 5. The summed E-state index contributed by atoms with van der Waals surface area (Å²) in [5.74, 6) is 1.34. The van der Waals surface area contributed by atoms with Gasteiger partial charge >= 0.3 is 0 Å². The number of fused-ring (bicyclic) bond motifs is 2. The zero-order valence-corrected chi connectivity index (χ0v) is 20.0. The third-order valence-electron chi connectivity index (χ3n) is 8.74. The Morgan fingerprint density at radius 2 is 1.69 bits per heavy atom. The summed E-state index contributed by atoms with van der Waals surface area (Å²) in [4.78, 5) is 13.4. The van der Waals surface area contributed by atoms with Crippen LogP contribution in [-0.4, -0.2) is 46.5 Å². The number of Topliss-reactive ketones (excluding diaryl/α,β-unsaturated/α-hetero) is 1. The number of aliphatic hydroxyl groups excluding tert-OH is 2. The second kappa shape index (κ2) is 9.92. The minimum Gasteiger partial charge on any atom is -0.391 e. The Morgan fingerprint density at radius 1 is 1.06 bits per heavy atom. The second-order valence-electron chi connectivity index (χ2n) is 10.6. The van der Waals surface area contributed by atoms with Crippen LogP contribution in [0.3, 0.4) is 0 Å². The molecule has 4 rings (SSSR count). The van der Waals surface area contributed by atoms with Gasteiger partial charge in [-0.2, -0.15) is 0 Å². The van der Waals surface area contributed by atoms with Crippen molar-refractivity contribution in [1.29, 1.82) is 0 Å². The van der Waals surface area contributed by atoms with Gasteiger partial charge in [0.05, 0.1) is 12.6 Å². The van der Waals surface area contributed by atoms with Gasteiger partial charge in [0, 0.05) is 23.9 Å². The largest absolute Gasteiger partial charge is 0.391 e. The lowest BCUT2D eigenvalue weighted by molar-refractivity contribution is -0.131. The SMILES string of the molecule is CCC1=CC2CC(NCC(=O)C3CCC(O)C4(C)NC(O)CC=CCC34)CC2C=C1CC. The monoisotopic (exact) mass is 442 g/mol. The number of aliphatic hydroxyl groups is 2. The molecule has 4 N–H and O–H groups in total. The van der Waals surface area contributed by atoms with Crippen molar-refractivity contribution in [1.82, 2.24) is 10.6 Å². The van der Waals surface area contributed by atoms with E-state index in [2.05, 4.69) is 42.7 Å². The van der Waals surface area contributed by atoms with Gasteiger partial charge in [-0.25, -0.2) is 0 Å². The highest BCUT2D eigenvalue weighted by Gasteiger charge is 2.50. The van der Waals surface area contributed by atoms with Gasteiger partial charge < -0.3 is 15.5 Å². The molecular formula is C27H42N2O3. The van der Waals surface area contributed by atoms with Gasteiger partial charge in [-0.3, -0.25) is 10.1 Å². The summed E-state index contributed by atoms with van der Waals surface area (Å²) in [6.45, 7) is 6.87. The van der Waals surface area contributed by atoms with E-state index >= 15 is 0 Å². The lowest BCUT2D eigenvalue weighted by atomic mass is 9.63. The maximum atomic E-state index is 13.4. The first kappa shape index (κ1) is 23.9. The van der Waals surface area contributed by atoms with Gasteiger partial charge in [-0.1, -0.05) is 38.2 Å². The summed E-state index contributed by atoms with van der Waals surface area (Å²) < 4.78 is 0. The minimum absolute atomic E-state index is 0.0111. The number of ketones is 1. The summed E-state index contributed by atoms with van der Waals surface area (Å²) in [5.41, 5.74) is 2.38. The second-order valence-corrected chi connectivity index (χ2v) is 10.6. The molecule has 5 nitrogen and oxygen atoms in total. The highest BCUT2D eigenvalue weighted by Crippen LogP contribution is 2.43. The van der Waals surface area contributed by atoms with E-state index in [4.69, 9.17) is 0 Å². The van der Waals surface area contributed by atoms with Gasteiger partial charge in [0.1, 0.15) is 12.0 Å². The molecule has 0 aromatic heterocycles. The maximum Gasteiger partial charge on any atom is 0.150 e. The van der Waals surface area contributed by atoms with Crippen LogP contribution >= 0.6 is 0 Å². The van der Waals surface area contributed by atoms with Gasteiger partial charge in [0.25, 0.3) is 0 Å². The van der Waals surface area contributed by atoms with Crippen LogP contribution in [0.1, 0.15) is 72.1 Å². The molecule has 32 heavy (non-hydrogen) atoms. The average Bonchev–Trinajstić information content (AvgIpc) is 3.17. The van der Waals surface area contributed by atoms with Gasteiger partial charge in [0.2, 0.25) is 0 Å². The fourth-order valence-corrected chi connectivity index (χ4v) is 6.84. The van der Waals surface area contributed by atoms with E-state index in [0.29, 0.717) is 43.7 Å². The molecule has 5 heteroatoms. The smallest absolute Gasteiger partial charge is 0.150 e. The van der Waals surface area contributed by atoms with Crippen LogP contribution < -0.4 is 10.6 Å². The number of rotatable bonds is 6. The third kappa shape index (κ3) is 4.68. The van der Waals surface area contributed by atoms with Crippen molar-refractivity contribution in [3.63, 3.8) is 0 Å². The van der Waals surface area contributed by atoms with Crippen LogP contribution in [0.2, 0.25) is 0 Å². The summed E-state index contributed by atoms with van der Waals surface area (Å²) >= 11 is 0. The van der Waals surface area contributed by atoms with E-state index in [9.17, 15) is 15.0 Å².